The number of unbranched alkanes of at least 4 members (excludes halogenated alkanes) is 1. The Morgan fingerprint density at radius 2 is 1.17 bits per heavy atom. The molecule has 1 aliphatic heterocycles. The third-order valence-corrected chi connectivity index (χ3v) is 11.3. The molecule has 0 spiro atoms. The summed E-state index contributed by atoms with van der Waals surface area (Å²) in [4.78, 5) is 56.9. The molecule has 3 aromatic carbocycles. The van der Waals surface area contributed by atoms with Crippen molar-refractivity contribution in [3.63, 3.8) is 0 Å². The number of sulfonamides is 1. The first-order valence-electron chi connectivity index (χ1n) is 18.7. The number of nitrogens with two attached hydrogens (primary N) is 2. The van der Waals surface area contributed by atoms with Gasteiger partial charge in [-0.05, 0) is 67.8 Å². The van der Waals surface area contributed by atoms with E-state index < -0.39 is 51.9 Å². The minimum atomic E-state index is -3.72. The highest BCUT2D eigenvalue weighted by Gasteiger charge is 2.35. The summed E-state index contributed by atoms with van der Waals surface area (Å²) >= 11 is 0. The number of carbonyl (C=O) groups is 4. The maximum atomic E-state index is 14.0. The van der Waals surface area contributed by atoms with Gasteiger partial charge in [0.15, 0.2) is 0 Å². The summed E-state index contributed by atoms with van der Waals surface area (Å²) in [6, 6.07) is 22.9. The molecule has 0 aromatic heterocycles. The zero-order chi connectivity index (χ0) is 39.1. The fourth-order valence-electron chi connectivity index (χ4n) is 6.41. The number of carbonyl (C=O) groups excluding carboxylic acids is 4. The second-order valence-electron chi connectivity index (χ2n) is 14.1. The second kappa shape index (κ2) is 20.7. The molecule has 1 fully saturated rings. The molecule has 1 saturated heterocycles. The Morgan fingerprint density at radius 3 is 1.72 bits per heavy atom. The van der Waals surface area contributed by atoms with Crippen LogP contribution in [0.25, 0.3) is 0 Å². The summed E-state index contributed by atoms with van der Waals surface area (Å²) in [5.74, 6) is -1.91. The van der Waals surface area contributed by atoms with E-state index in [1.165, 1.54) is 4.31 Å². The van der Waals surface area contributed by atoms with Gasteiger partial charge in [-0.25, -0.2) is 8.42 Å². The third kappa shape index (κ3) is 12.5. The molecule has 7 N–H and O–H groups in total. The molecule has 1 heterocycles. The SMILES string of the molecule is CC(C)C[C@@H](NC(=O)[C@@H](Cc1ccccc1)NC(=O)[C@H](N)Cc1ccccc1)C(=O)N[C@H](CCCCN)C(=O)N1CCN(S(=O)(=O)c2ccccc2)CC1. The summed E-state index contributed by atoms with van der Waals surface area (Å²) in [6.45, 7) is 4.81. The van der Waals surface area contributed by atoms with Crippen molar-refractivity contribution in [2.75, 3.05) is 32.7 Å². The van der Waals surface area contributed by atoms with Gasteiger partial charge in [0.25, 0.3) is 0 Å². The summed E-state index contributed by atoms with van der Waals surface area (Å²) in [7, 11) is -3.72. The molecule has 1 aliphatic rings. The smallest absolute Gasteiger partial charge is 0.245 e. The predicted octanol–water partition coefficient (Wildman–Crippen LogP) is 1.96. The van der Waals surface area contributed by atoms with Crippen molar-refractivity contribution >= 4 is 33.7 Å². The van der Waals surface area contributed by atoms with Crippen LogP contribution in [0.2, 0.25) is 0 Å². The van der Waals surface area contributed by atoms with Gasteiger partial charge < -0.3 is 32.3 Å². The highest BCUT2D eigenvalue weighted by atomic mass is 32.2. The summed E-state index contributed by atoms with van der Waals surface area (Å²) in [6.07, 6.45) is 2.25. The number of nitrogens with zero attached hydrogens (tertiary/aromatic N) is 2. The van der Waals surface area contributed by atoms with Crippen molar-refractivity contribution in [1.82, 2.24) is 25.2 Å². The van der Waals surface area contributed by atoms with E-state index >= 15 is 0 Å². The van der Waals surface area contributed by atoms with Gasteiger partial charge in [0.05, 0.1) is 10.9 Å². The quantitative estimate of drug-likeness (QED) is 0.114. The van der Waals surface area contributed by atoms with E-state index in [9.17, 15) is 27.6 Å². The first kappa shape index (κ1) is 42.1. The van der Waals surface area contributed by atoms with Crippen molar-refractivity contribution in [2.24, 2.45) is 17.4 Å². The predicted molar refractivity (Wildman–Crippen MR) is 208 cm³/mol. The van der Waals surface area contributed by atoms with Crippen LogP contribution in [-0.2, 0) is 42.0 Å². The lowest BCUT2D eigenvalue weighted by Gasteiger charge is -2.36. The van der Waals surface area contributed by atoms with E-state index in [4.69, 9.17) is 11.5 Å². The Bertz CT molecular complexity index is 1750. The first-order valence-corrected chi connectivity index (χ1v) is 20.1. The van der Waals surface area contributed by atoms with Crippen LogP contribution in [0.4, 0.5) is 0 Å². The number of rotatable bonds is 19. The molecule has 0 unspecified atom stereocenters. The van der Waals surface area contributed by atoms with Crippen LogP contribution in [0.1, 0.15) is 50.7 Å². The first-order chi connectivity index (χ1) is 25.9. The van der Waals surface area contributed by atoms with Crippen LogP contribution in [0.15, 0.2) is 95.9 Å². The number of benzene rings is 3. The van der Waals surface area contributed by atoms with Gasteiger partial charge in [0.2, 0.25) is 33.7 Å². The molecule has 13 nitrogen and oxygen atoms in total. The molecular formula is C40H55N7O6S. The minimum absolute atomic E-state index is 0.00598. The third-order valence-electron chi connectivity index (χ3n) is 9.38. The van der Waals surface area contributed by atoms with Gasteiger partial charge in [-0.15, -0.1) is 0 Å². The molecule has 0 saturated carbocycles. The van der Waals surface area contributed by atoms with E-state index in [1.54, 1.807) is 35.2 Å². The lowest BCUT2D eigenvalue weighted by atomic mass is 9.99. The normalized spacial score (nSPS) is 15.8. The standard InChI is InChI=1S/C40H55N7O6S/c1-29(2)26-35(45-39(50)36(28-31-16-8-4-9-17-31)44-37(48)33(42)27-30-14-6-3-7-15-30)38(49)43-34(20-12-13-21-41)40(51)46-22-24-47(25-23-46)54(52,53)32-18-10-5-11-19-32/h3-11,14-19,29,33-36H,12-13,20-28,41-42H2,1-2H3,(H,43,49)(H,44,48)(H,45,50)/t33-,34-,35-,36-/m1/s1. The fourth-order valence-corrected chi connectivity index (χ4v) is 7.85. The van der Waals surface area contributed by atoms with Gasteiger partial charge in [0.1, 0.15) is 18.1 Å². The van der Waals surface area contributed by atoms with Gasteiger partial charge in [-0.3, -0.25) is 19.2 Å². The summed E-state index contributed by atoms with van der Waals surface area (Å²) in [5, 5.41) is 8.58. The van der Waals surface area contributed by atoms with E-state index in [0.29, 0.717) is 25.8 Å². The molecule has 292 valence electrons. The Kier molecular flexibility index (Phi) is 16.2. The fraction of sp³-hybridized carbons (Fsp3) is 0.450. The Balaban J connectivity index is 1.46. The van der Waals surface area contributed by atoms with Crippen molar-refractivity contribution in [3.8, 4) is 0 Å². The Labute approximate surface area is 319 Å². The molecule has 4 atom stereocenters. The number of hydrogen-bond donors (Lipinski definition) is 5. The Hall–Kier alpha value is -4.63. The average molecular weight is 762 g/mol. The van der Waals surface area contributed by atoms with Crippen LogP contribution >= 0.6 is 0 Å². The molecule has 0 radical (unpaired) electrons. The van der Waals surface area contributed by atoms with Crippen molar-refractivity contribution in [1.29, 1.82) is 0 Å². The van der Waals surface area contributed by atoms with Gasteiger partial charge in [0, 0.05) is 32.6 Å². The second-order valence-corrected chi connectivity index (χ2v) is 16.1. The molecule has 4 amide bonds. The van der Waals surface area contributed by atoms with Crippen LogP contribution < -0.4 is 27.4 Å². The maximum Gasteiger partial charge on any atom is 0.245 e. The molecule has 4 rings (SSSR count). The largest absolute Gasteiger partial charge is 0.343 e. The summed E-state index contributed by atoms with van der Waals surface area (Å²) in [5.41, 5.74) is 13.7. The van der Waals surface area contributed by atoms with Gasteiger partial charge in [-0.1, -0.05) is 92.7 Å². The molecule has 0 bridgehead atoms. The summed E-state index contributed by atoms with van der Waals surface area (Å²) < 4.78 is 27.7. The Morgan fingerprint density at radius 1 is 0.667 bits per heavy atom. The lowest BCUT2D eigenvalue weighted by Crippen LogP contribution is -2.59. The van der Waals surface area contributed by atoms with Crippen molar-refractivity contribution < 1.29 is 27.6 Å². The zero-order valence-corrected chi connectivity index (χ0v) is 32.0. The van der Waals surface area contributed by atoms with E-state index in [2.05, 4.69) is 16.0 Å². The van der Waals surface area contributed by atoms with E-state index in [0.717, 1.165) is 11.1 Å². The maximum absolute atomic E-state index is 14.0. The van der Waals surface area contributed by atoms with Gasteiger partial charge >= 0.3 is 0 Å². The zero-order valence-electron chi connectivity index (χ0n) is 31.2. The van der Waals surface area contributed by atoms with E-state index in [-0.39, 0.29) is 62.2 Å². The van der Waals surface area contributed by atoms with E-state index in [1.807, 2.05) is 74.5 Å². The van der Waals surface area contributed by atoms with Gasteiger partial charge in [-0.2, -0.15) is 4.31 Å². The number of piperazine rings is 1. The van der Waals surface area contributed by atoms with Crippen LogP contribution in [0.3, 0.4) is 0 Å². The number of amides is 4. The number of nitrogens with one attached hydrogen (secondary N) is 3. The van der Waals surface area contributed by atoms with Crippen LogP contribution in [0.5, 0.6) is 0 Å². The van der Waals surface area contributed by atoms with Crippen molar-refractivity contribution in [3.05, 3.63) is 102 Å². The van der Waals surface area contributed by atoms with Crippen LogP contribution in [-0.4, -0.2) is 98.1 Å². The topological polar surface area (TPSA) is 197 Å². The molecular weight excluding hydrogens is 707 g/mol. The van der Waals surface area contributed by atoms with Crippen molar-refractivity contribution in [2.45, 2.75) is 81.4 Å². The molecule has 3 aromatic rings. The minimum Gasteiger partial charge on any atom is -0.343 e. The molecule has 14 heteroatoms. The average Bonchev–Trinajstić information content (AvgIpc) is 3.17. The monoisotopic (exact) mass is 761 g/mol. The highest BCUT2D eigenvalue weighted by Crippen LogP contribution is 2.19. The molecule has 0 aliphatic carbocycles. The lowest BCUT2D eigenvalue weighted by molar-refractivity contribution is -0.139. The number of hydrogen-bond acceptors (Lipinski definition) is 8. The molecule has 54 heavy (non-hydrogen) atoms. The van der Waals surface area contributed by atoms with Crippen LogP contribution in [0, 0.1) is 5.92 Å². The highest BCUT2D eigenvalue weighted by molar-refractivity contribution is 7.89.